The van der Waals surface area contributed by atoms with Crippen molar-refractivity contribution >= 4 is 34.0 Å². The minimum Gasteiger partial charge on any atom is -0.338 e. The van der Waals surface area contributed by atoms with Crippen LogP contribution in [-0.4, -0.2) is 15.0 Å². The fourth-order valence-electron chi connectivity index (χ4n) is 2.47. The van der Waals surface area contributed by atoms with Crippen molar-refractivity contribution in [3.8, 4) is 11.5 Å². The molecule has 4 nitrogen and oxygen atoms in total. The van der Waals surface area contributed by atoms with E-state index in [1.807, 2.05) is 66.7 Å². The summed E-state index contributed by atoms with van der Waals surface area (Å²) in [5.74, 6) is 1.28. The number of rotatable bonds is 3. The summed E-state index contributed by atoms with van der Waals surface area (Å²) >= 11 is 6.26. The summed E-state index contributed by atoms with van der Waals surface area (Å²) in [6.07, 6.45) is 1.73. The van der Waals surface area contributed by atoms with Gasteiger partial charge in [-0.15, -0.1) is 0 Å². The maximum atomic E-state index is 6.26. The molecule has 0 aliphatic heterocycles. The van der Waals surface area contributed by atoms with Gasteiger partial charge in [-0.3, -0.25) is 4.98 Å². The fourth-order valence-corrected chi connectivity index (χ4v) is 2.65. The van der Waals surface area contributed by atoms with Crippen LogP contribution >= 0.6 is 11.6 Å². The first kappa shape index (κ1) is 14.6. The smallest absolute Gasteiger partial charge is 0.180 e. The van der Waals surface area contributed by atoms with Gasteiger partial charge in [-0.05, 0) is 36.4 Å². The normalized spacial score (nSPS) is 10.7. The Kier molecular flexibility index (Phi) is 3.81. The van der Waals surface area contributed by atoms with Gasteiger partial charge in [0.2, 0.25) is 0 Å². The summed E-state index contributed by atoms with van der Waals surface area (Å²) in [5.41, 5.74) is 2.38. The van der Waals surface area contributed by atoms with Crippen molar-refractivity contribution in [3.63, 3.8) is 0 Å². The highest BCUT2D eigenvalue weighted by molar-refractivity contribution is 6.33. The minimum absolute atomic E-state index is 0.573. The van der Waals surface area contributed by atoms with Crippen LogP contribution in [0.25, 0.3) is 22.4 Å². The minimum atomic E-state index is 0.573. The van der Waals surface area contributed by atoms with Crippen molar-refractivity contribution < 1.29 is 0 Å². The lowest BCUT2D eigenvalue weighted by Crippen LogP contribution is -2.00. The average Bonchev–Trinajstić information content (AvgIpc) is 2.64. The lowest BCUT2D eigenvalue weighted by molar-refractivity contribution is 1.18. The molecule has 2 aromatic heterocycles. The van der Waals surface area contributed by atoms with E-state index < -0.39 is 0 Å². The van der Waals surface area contributed by atoms with Crippen LogP contribution in [-0.2, 0) is 0 Å². The van der Waals surface area contributed by atoms with E-state index in [-0.39, 0.29) is 0 Å². The summed E-state index contributed by atoms with van der Waals surface area (Å²) < 4.78 is 0. The van der Waals surface area contributed by atoms with Gasteiger partial charge in [0.1, 0.15) is 11.5 Å². The molecule has 0 bridgehead atoms. The van der Waals surface area contributed by atoms with Crippen LogP contribution in [0.1, 0.15) is 0 Å². The standard InChI is InChI=1S/C19H13ClN4/c20-14-8-2-4-10-16(14)23-18-13-7-1-3-9-15(13)22-19(24-18)17-11-5-6-12-21-17/h1-12H,(H,22,23,24). The van der Waals surface area contributed by atoms with Crippen LogP contribution in [0.5, 0.6) is 0 Å². The van der Waals surface area contributed by atoms with Gasteiger partial charge in [0, 0.05) is 11.6 Å². The Morgan fingerprint density at radius 1 is 0.792 bits per heavy atom. The molecule has 0 spiro atoms. The van der Waals surface area contributed by atoms with E-state index in [0.717, 1.165) is 22.3 Å². The van der Waals surface area contributed by atoms with Crippen LogP contribution < -0.4 is 5.32 Å². The molecule has 0 fully saturated rings. The molecule has 2 heterocycles. The van der Waals surface area contributed by atoms with Gasteiger partial charge < -0.3 is 5.32 Å². The molecule has 0 saturated heterocycles. The fraction of sp³-hybridized carbons (Fsp3) is 0. The van der Waals surface area contributed by atoms with Crippen molar-refractivity contribution in [2.45, 2.75) is 0 Å². The number of aromatic nitrogens is 3. The zero-order valence-electron chi connectivity index (χ0n) is 12.6. The van der Waals surface area contributed by atoms with E-state index in [1.54, 1.807) is 6.20 Å². The van der Waals surface area contributed by atoms with Crippen LogP contribution in [0.3, 0.4) is 0 Å². The van der Waals surface area contributed by atoms with Crippen molar-refractivity contribution in [2.24, 2.45) is 0 Å². The van der Waals surface area contributed by atoms with E-state index in [0.29, 0.717) is 16.7 Å². The van der Waals surface area contributed by atoms with Gasteiger partial charge in [0.25, 0.3) is 0 Å². The number of para-hydroxylation sites is 2. The molecule has 116 valence electrons. The van der Waals surface area contributed by atoms with Crippen LogP contribution in [0, 0.1) is 0 Å². The average molecular weight is 333 g/mol. The van der Waals surface area contributed by atoms with Gasteiger partial charge >= 0.3 is 0 Å². The monoisotopic (exact) mass is 332 g/mol. The number of pyridine rings is 1. The summed E-state index contributed by atoms with van der Waals surface area (Å²) in [7, 11) is 0. The van der Waals surface area contributed by atoms with Crippen molar-refractivity contribution in [2.75, 3.05) is 5.32 Å². The van der Waals surface area contributed by atoms with Gasteiger partial charge in [0.05, 0.1) is 16.2 Å². The first-order valence-corrected chi connectivity index (χ1v) is 7.89. The number of hydrogen-bond donors (Lipinski definition) is 1. The van der Waals surface area contributed by atoms with Gasteiger partial charge in [-0.25, -0.2) is 9.97 Å². The van der Waals surface area contributed by atoms with Gasteiger partial charge in [-0.1, -0.05) is 41.9 Å². The SMILES string of the molecule is Clc1ccccc1Nc1nc(-c2ccccn2)nc2ccccc12. The van der Waals surface area contributed by atoms with Crippen molar-refractivity contribution in [3.05, 3.63) is 77.9 Å². The quantitative estimate of drug-likeness (QED) is 0.567. The Morgan fingerprint density at radius 3 is 2.42 bits per heavy atom. The molecule has 4 rings (SSSR count). The number of benzene rings is 2. The summed E-state index contributed by atoms with van der Waals surface area (Å²) in [4.78, 5) is 13.6. The molecule has 24 heavy (non-hydrogen) atoms. The molecular weight excluding hydrogens is 320 g/mol. The highest BCUT2D eigenvalue weighted by atomic mass is 35.5. The Bertz CT molecular complexity index is 1000. The number of nitrogens with one attached hydrogen (secondary N) is 1. The number of nitrogens with zero attached hydrogens (tertiary/aromatic N) is 3. The summed E-state index contributed by atoms with van der Waals surface area (Å²) in [5, 5.41) is 4.88. The zero-order valence-corrected chi connectivity index (χ0v) is 13.4. The molecule has 0 saturated carbocycles. The van der Waals surface area contributed by atoms with E-state index in [4.69, 9.17) is 11.6 Å². The Morgan fingerprint density at radius 2 is 1.58 bits per heavy atom. The third-order valence-electron chi connectivity index (χ3n) is 3.62. The molecule has 2 aromatic carbocycles. The molecular formula is C19H13ClN4. The van der Waals surface area contributed by atoms with Gasteiger partial charge in [0.15, 0.2) is 5.82 Å². The molecule has 4 aromatic rings. The van der Waals surface area contributed by atoms with Crippen LogP contribution in [0.4, 0.5) is 11.5 Å². The zero-order chi connectivity index (χ0) is 16.4. The molecule has 0 amide bonds. The third kappa shape index (κ3) is 2.79. The topological polar surface area (TPSA) is 50.7 Å². The molecule has 1 N–H and O–H groups in total. The van der Waals surface area contributed by atoms with Crippen LogP contribution in [0.15, 0.2) is 72.9 Å². The third-order valence-corrected chi connectivity index (χ3v) is 3.95. The highest BCUT2D eigenvalue weighted by Gasteiger charge is 2.11. The van der Waals surface area contributed by atoms with Crippen molar-refractivity contribution in [1.82, 2.24) is 15.0 Å². The van der Waals surface area contributed by atoms with Crippen LogP contribution in [0.2, 0.25) is 5.02 Å². The largest absolute Gasteiger partial charge is 0.338 e. The summed E-state index contributed by atoms with van der Waals surface area (Å²) in [6.45, 7) is 0. The highest BCUT2D eigenvalue weighted by Crippen LogP contribution is 2.29. The molecule has 0 aliphatic carbocycles. The van der Waals surface area contributed by atoms with Gasteiger partial charge in [-0.2, -0.15) is 0 Å². The second-order valence-corrected chi connectivity index (χ2v) is 5.64. The molecule has 0 aliphatic rings. The first-order valence-electron chi connectivity index (χ1n) is 7.51. The number of halogens is 1. The Hall–Kier alpha value is -2.98. The Labute approximate surface area is 144 Å². The van der Waals surface area contributed by atoms with E-state index >= 15 is 0 Å². The Balaban J connectivity index is 1.88. The van der Waals surface area contributed by atoms with E-state index in [1.165, 1.54) is 0 Å². The molecule has 0 unspecified atom stereocenters. The van der Waals surface area contributed by atoms with E-state index in [2.05, 4.69) is 20.3 Å². The second-order valence-electron chi connectivity index (χ2n) is 5.23. The first-order chi connectivity index (χ1) is 11.8. The molecule has 5 heteroatoms. The molecule has 0 radical (unpaired) electrons. The number of fused-ring (bicyclic) bond motifs is 1. The number of anilines is 2. The number of hydrogen-bond acceptors (Lipinski definition) is 4. The maximum Gasteiger partial charge on any atom is 0.180 e. The summed E-state index contributed by atoms with van der Waals surface area (Å²) in [6, 6.07) is 21.1. The lowest BCUT2D eigenvalue weighted by atomic mass is 10.2. The second kappa shape index (κ2) is 6.26. The van der Waals surface area contributed by atoms with E-state index in [9.17, 15) is 0 Å². The lowest BCUT2D eigenvalue weighted by Gasteiger charge is -2.11. The van der Waals surface area contributed by atoms with Crippen molar-refractivity contribution in [1.29, 1.82) is 0 Å². The molecule has 0 atom stereocenters. The predicted octanol–water partition coefficient (Wildman–Crippen LogP) is 5.09. The predicted molar refractivity (Wildman–Crippen MR) is 97.5 cm³/mol. The maximum absolute atomic E-state index is 6.26.